The first-order valence-corrected chi connectivity index (χ1v) is 10.1. The van der Waals surface area contributed by atoms with E-state index < -0.39 is 5.82 Å². The van der Waals surface area contributed by atoms with Gasteiger partial charge in [0.1, 0.15) is 11.5 Å². The number of carbonyl (C=O) groups is 1. The molecule has 2 N–H and O–H groups in total. The van der Waals surface area contributed by atoms with Crippen molar-refractivity contribution in [2.45, 2.75) is 32.0 Å². The third kappa shape index (κ3) is 4.93. The van der Waals surface area contributed by atoms with Gasteiger partial charge in [0.15, 0.2) is 0 Å². The molecule has 0 spiro atoms. The van der Waals surface area contributed by atoms with Gasteiger partial charge in [-0.25, -0.2) is 9.07 Å². The van der Waals surface area contributed by atoms with Crippen LogP contribution >= 0.6 is 0 Å². The van der Waals surface area contributed by atoms with Gasteiger partial charge in [-0.3, -0.25) is 9.69 Å². The summed E-state index contributed by atoms with van der Waals surface area (Å²) >= 11 is 0. The van der Waals surface area contributed by atoms with Crippen molar-refractivity contribution < 1.29 is 14.3 Å². The summed E-state index contributed by atoms with van der Waals surface area (Å²) in [6, 6.07) is 14.5. The average Bonchev–Trinajstić information content (AvgIpc) is 3.25. The lowest BCUT2D eigenvalue weighted by Crippen LogP contribution is -2.35. The Morgan fingerprint density at radius 3 is 2.53 bits per heavy atom. The minimum atomic E-state index is -0.395. The van der Waals surface area contributed by atoms with E-state index in [9.17, 15) is 14.3 Å². The van der Waals surface area contributed by atoms with Crippen LogP contribution < -0.4 is 5.32 Å². The molecule has 0 bridgehead atoms. The molecule has 1 fully saturated rings. The number of carbonyl (C=O) groups excluding carboxylic acids is 1. The van der Waals surface area contributed by atoms with Crippen LogP contribution in [0.5, 0.6) is 0 Å². The Kier molecular flexibility index (Phi) is 6.21. The van der Waals surface area contributed by atoms with E-state index in [0.717, 1.165) is 38.0 Å². The number of amides is 1. The van der Waals surface area contributed by atoms with Crippen LogP contribution in [-0.2, 0) is 13.1 Å². The van der Waals surface area contributed by atoms with Crippen molar-refractivity contribution in [3.05, 3.63) is 83.4 Å². The molecule has 1 aliphatic heterocycles. The summed E-state index contributed by atoms with van der Waals surface area (Å²) in [6.45, 7) is 3.10. The molecule has 1 amide bonds. The number of aromatic nitrogens is 2. The third-order valence-corrected chi connectivity index (χ3v) is 5.38. The second-order valence-corrected chi connectivity index (χ2v) is 7.63. The van der Waals surface area contributed by atoms with Gasteiger partial charge in [0.05, 0.1) is 17.9 Å². The summed E-state index contributed by atoms with van der Waals surface area (Å²) in [6.07, 6.45) is 4.45. The van der Waals surface area contributed by atoms with Gasteiger partial charge in [0.2, 0.25) is 0 Å². The van der Waals surface area contributed by atoms with Crippen LogP contribution in [0.25, 0.3) is 5.69 Å². The second kappa shape index (κ2) is 9.19. The highest BCUT2D eigenvalue weighted by Crippen LogP contribution is 2.15. The highest BCUT2D eigenvalue weighted by atomic mass is 19.1. The molecule has 0 radical (unpaired) electrons. The zero-order valence-corrected chi connectivity index (χ0v) is 16.7. The predicted octanol–water partition coefficient (Wildman–Crippen LogP) is 2.90. The monoisotopic (exact) mass is 408 g/mol. The van der Waals surface area contributed by atoms with Gasteiger partial charge in [-0.15, -0.1) is 0 Å². The molecule has 4 rings (SSSR count). The van der Waals surface area contributed by atoms with Crippen molar-refractivity contribution in [2.75, 3.05) is 13.1 Å². The van der Waals surface area contributed by atoms with Crippen LogP contribution in [0.1, 0.15) is 34.3 Å². The van der Waals surface area contributed by atoms with Gasteiger partial charge in [-0.2, -0.15) is 5.10 Å². The third-order valence-electron chi connectivity index (χ3n) is 5.38. The molecule has 1 aliphatic rings. The molecule has 6 nitrogen and oxygen atoms in total. The SMILES string of the molecule is O=C(NCc1ccc(CN2CCC(O)CC2)cc1)c1cnn(-c2ccccc2F)c1. The fourth-order valence-electron chi connectivity index (χ4n) is 3.59. The van der Waals surface area contributed by atoms with E-state index in [0.29, 0.717) is 17.8 Å². The lowest BCUT2D eigenvalue weighted by Gasteiger charge is -2.29. The maximum atomic E-state index is 13.9. The number of para-hydroxylation sites is 1. The van der Waals surface area contributed by atoms with E-state index >= 15 is 0 Å². The molecule has 1 aromatic heterocycles. The zero-order chi connectivity index (χ0) is 20.9. The van der Waals surface area contributed by atoms with Crippen LogP contribution in [0.3, 0.4) is 0 Å². The standard InChI is InChI=1S/C23H25FN4O2/c24-21-3-1-2-4-22(21)28-16-19(14-26-28)23(30)25-13-17-5-7-18(8-6-17)15-27-11-9-20(29)10-12-27/h1-8,14,16,20,29H,9-13,15H2,(H,25,30). The fourth-order valence-corrected chi connectivity index (χ4v) is 3.59. The minimum absolute atomic E-state index is 0.161. The number of likely N-dealkylation sites (tertiary alicyclic amines) is 1. The Morgan fingerprint density at radius 2 is 1.80 bits per heavy atom. The van der Waals surface area contributed by atoms with Crippen molar-refractivity contribution in [1.82, 2.24) is 20.0 Å². The number of rotatable bonds is 6. The molecule has 2 heterocycles. The quantitative estimate of drug-likeness (QED) is 0.658. The van der Waals surface area contributed by atoms with E-state index in [-0.39, 0.29) is 12.0 Å². The fraction of sp³-hybridized carbons (Fsp3) is 0.304. The Hall–Kier alpha value is -3.03. The molecule has 30 heavy (non-hydrogen) atoms. The lowest BCUT2D eigenvalue weighted by atomic mass is 10.1. The van der Waals surface area contributed by atoms with E-state index in [1.165, 1.54) is 28.7 Å². The normalized spacial score (nSPS) is 15.3. The van der Waals surface area contributed by atoms with Crippen molar-refractivity contribution in [1.29, 1.82) is 0 Å². The molecule has 156 valence electrons. The van der Waals surface area contributed by atoms with Gasteiger partial charge in [-0.05, 0) is 36.1 Å². The molecular weight excluding hydrogens is 383 g/mol. The molecule has 0 aliphatic carbocycles. The Bertz CT molecular complexity index is 994. The highest BCUT2D eigenvalue weighted by molar-refractivity contribution is 5.93. The number of halogens is 1. The van der Waals surface area contributed by atoms with Crippen LogP contribution in [0.4, 0.5) is 4.39 Å². The first-order chi connectivity index (χ1) is 14.6. The number of aliphatic hydroxyl groups is 1. The maximum Gasteiger partial charge on any atom is 0.254 e. The molecule has 7 heteroatoms. The van der Waals surface area contributed by atoms with Crippen LogP contribution in [0.2, 0.25) is 0 Å². The van der Waals surface area contributed by atoms with Crippen LogP contribution in [-0.4, -0.2) is 44.9 Å². The highest BCUT2D eigenvalue weighted by Gasteiger charge is 2.17. The van der Waals surface area contributed by atoms with Gasteiger partial charge in [0, 0.05) is 32.4 Å². The first kappa shape index (κ1) is 20.3. The number of hydrogen-bond donors (Lipinski definition) is 2. The van der Waals surface area contributed by atoms with Gasteiger partial charge >= 0.3 is 0 Å². The number of aliphatic hydroxyl groups excluding tert-OH is 1. The first-order valence-electron chi connectivity index (χ1n) is 10.1. The smallest absolute Gasteiger partial charge is 0.254 e. The van der Waals surface area contributed by atoms with E-state index in [1.807, 2.05) is 12.1 Å². The molecule has 0 saturated carbocycles. The number of nitrogens with one attached hydrogen (secondary N) is 1. The average molecular weight is 408 g/mol. The maximum absolute atomic E-state index is 13.9. The Morgan fingerprint density at radius 1 is 1.10 bits per heavy atom. The number of benzene rings is 2. The summed E-state index contributed by atoms with van der Waals surface area (Å²) < 4.78 is 15.2. The molecule has 0 unspecified atom stereocenters. The summed E-state index contributed by atoms with van der Waals surface area (Å²) in [7, 11) is 0. The van der Waals surface area contributed by atoms with Crippen molar-refractivity contribution in [3.8, 4) is 5.69 Å². The second-order valence-electron chi connectivity index (χ2n) is 7.63. The number of piperidine rings is 1. The lowest BCUT2D eigenvalue weighted by molar-refractivity contribution is 0.0792. The van der Waals surface area contributed by atoms with Crippen LogP contribution in [0.15, 0.2) is 60.9 Å². The molecule has 3 aromatic rings. The van der Waals surface area contributed by atoms with Gasteiger partial charge < -0.3 is 10.4 Å². The van der Waals surface area contributed by atoms with E-state index in [2.05, 4.69) is 27.4 Å². The number of nitrogens with zero attached hydrogens (tertiary/aromatic N) is 3. The molecule has 2 aromatic carbocycles. The largest absolute Gasteiger partial charge is 0.393 e. The molecular formula is C23H25FN4O2. The zero-order valence-electron chi connectivity index (χ0n) is 16.7. The van der Waals surface area contributed by atoms with Crippen molar-refractivity contribution in [3.63, 3.8) is 0 Å². The Labute approximate surface area is 174 Å². The molecule has 1 saturated heterocycles. The summed E-state index contributed by atoms with van der Waals surface area (Å²) in [5, 5.41) is 16.6. The summed E-state index contributed by atoms with van der Waals surface area (Å²) in [5.74, 6) is -0.651. The summed E-state index contributed by atoms with van der Waals surface area (Å²) in [5.41, 5.74) is 2.90. The minimum Gasteiger partial charge on any atom is -0.393 e. The van der Waals surface area contributed by atoms with Crippen molar-refractivity contribution in [2.24, 2.45) is 0 Å². The number of hydrogen-bond acceptors (Lipinski definition) is 4. The van der Waals surface area contributed by atoms with Crippen molar-refractivity contribution >= 4 is 5.91 Å². The Balaban J connectivity index is 1.30. The van der Waals surface area contributed by atoms with Gasteiger partial charge in [0.25, 0.3) is 5.91 Å². The van der Waals surface area contributed by atoms with E-state index in [4.69, 9.17) is 0 Å². The van der Waals surface area contributed by atoms with E-state index in [1.54, 1.807) is 18.2 Å². The van der Waals surface area contributed by atoms with Crippen LogP contribution in [0, 0.1) is 5.82 Å². The predicted molar refractivity (Wildman–Crippen MR) is 112 cm³/mol. The topological polar surface area (TPSA) is 70.4 Å². The summed E-state index contributed by atoms with van der Waals surface area (Å²) in [4.78, 5) is 14.8. The van der Waals surface area contributed by atoms with Gasteiger partial charge in [-0.1, -0.05) is 36.4 Å². The molecule has 0 atom stereocenters.